The SMILES string of the molecule is CC(=O)c1cc(C(C)(C)C)ccc1OC(C)C. The van der Waals surface area contributed by atoms with Crippen LogP contribution in [-0.2, 0) is 5.41 Å². The predicted molar refractivity (Wildman–Crippen MR) is 70.9 cm³/mol. The number of benzene rings is 1. The van der Waals surface area contributed by atoms with Crippen molar-refractivity contribution < 1.29 is 9.53 Å². The van der Waals surface area contributed by atoms with E-state index in [9.17, 15) is 4.79 Å². The fraction of sp³-hybridized carbons (Fsp3) is 0.533. The van der Waals surface area contributed by atoms with Crippen LogP contribution in [0.4, 0.5) is 0 Å². The van der Waals surface area contributed by atoms with Crippen LogP contribution in [0.5, 0.6) is 5.75 Å². The van der Waals surface area contributed by atoms with Gasteiger partial charge in [-0.1, -0.05) is 26.8 Å². The first kappa shape index (κ1) is 13.8. The molecule has 0 aliphatic rings. The molecule has 0 aliphatic carbocycles. The van der Waals surface area contributed by atoms with Crippen molar-refractivity contribution in [2.75, 3.05) is 0 Å². The molecule has 0 unspecified atom stereocenters. The molecule has 94 valence electrons. The van der Waals surface area contributed by atoms with Gasteiger partial charge in [-0.05, 0) is 43.9 Å². The summed E-state index contributed by atoms with van der Waals surface area (Å²) >= 11 is 0. The van der Waals surface area contributed by atoms with Gasteiger partial charge in [-0.15, -0.1) is 0 Å². The van der Waals surface area contributed by atoms with E-state index in [1.54, 1.807) is 6.92 Å². The summed E-state index contributed by atoms with van der Waals surface area (Å²) in [5.41, 5.74) is 1.87. The van der Waals surface area contributed by atoms with E-state index in [0.717, 1.165) is 5.56 Å². The second-order valence-electron chi connectivity index (χ2n) is 5.68. The highest BCUT2D eigenvalue weighted by atomic mass is 16.5. The number of ether oxygens (including phenoxy) is 1. The molecule has 1 aromatic carbocycles. The third kappa shape index (κ3) is 3.58. The number of ketones is 1. The van der Waals surface area contributed by atoms with Crippen molar-refractivity contribution in [1.82, 2.24) is 0 Å². The summed E-state index contributed by atoms with van der Waals surface area (Å²) in [6.07, 6.45) is 0.0774. The Morgan fingerprint density at radius 2 is 1.82 bits per heavy atom. The van der Waals surface area contributed by atoms with E-state index >= 15 is 0 Å². The van der Waals surface area contributed by atoms with Crippen LogP contribution in [0.3, 0.4) is 0 Å². The minimum Gasteiger partial charge on any atom is -0.490 e. The number of rotatable bonds is 3. The molecular formula is C15H22O2. The Bertz CT molecular complexity index is 411. The minimum atomic E-state index is 0.0422. The topological polar surface area (TPSA) is 26.3 Å². The van der Waals surface area contributed by atoms with Gasteiger partial charge in [0, 0.05) is 0 Å². The van der Waals surface area contributed by atoms with Crippen LogP contribution in [0.25, 0.3) is 0 Å². The first-order chi connectivity index (χ1) is 7.71. The second kappa shape index (κ2) is 4.91. The van der Waals surface area contributed by atoms with E-state index in [1.165, 1.54) is 0 Å². The van der Waals surface area contributed by atoms with Crippen molar-refractivity contribution in [3.8, 4) is 5.75 Å². The summed E-state index contributed by atoms with van der Waals surface area (Å²) in [7, 11) is 0. The average Bonchev–Trinajstić information content (AvgIpc) is 2.15. The van der Waals surface area contributed by atoms with Crippen molar-refractivity contribution in [2.24, 2.45) is 0 Å². The molecule has 0 radical (unpaired) electrons. The van der Waals surface area contributed by atoms with Crippen molar-refractivity contribution in [1.29, 1.82) is 0 Å². The average molecular weight is 234 g/mol. The van der Waals surface area contributed by atoms with Crippen LogP contribution in [0.1, 0.15) is 57.5 Å². The number of Topliss-reactive ketones (excluding diaryl/α,β-unsaturated/α-hetero) is 1. The molecule has 1 aromatic rings. The van der Waals surface area contributed by atoms with Crippen LogP contribution in [0, 0.1) is 0 Å². The van der Waals surface area contributed by atoms with Crippen LogP contribution in [0.2, 0.25) is 0 Å². The normalized spacial score (nSPS) is 11.7. The maximum absolute atomic E-state index is 11.6. The Kier molecular flexibility index (Phi) is 3.97. The van der Waals surface area contributed by atoms with Crippen LogP contribution >= 0.6 is 0 Å². The molecule has 0 aliphatic heterocycles. The summed E-state index contributed by atoms with van der Waals surface area (Å²) in [5, 5.41) is 0. The summed E-state index contributed by atoms with van der Waals surface area (Å²) in [5.74, 6) is 0.729. The lowest BCUT2D eigenvalue weighted by molar-refractivity contribution is 0.101. The fourth-order valence-corrected chi connectivity index (χ4v) is 1.63. The zero-order chi connectivity index (χ0) is 13.2. The van der Waals surface area contributed by atoms with Gasteiger partial charge in [-0.3, -0.25) is 4.79 Å². The monoisotopic (exact) mass is 234 g/mol. The third-order valence-corrected chi connectivity index (χ3v) is 2.59. The second-order valence-corrected chi connectivity index (χ2v) is 5.68. The maximum atomic E-state index is 11.6. The Hall–Kier alpha value is -1.31. The van der Waals surface area contributed by atoms with Gasteiger partial charge in [0.15, 0.2) is 5.78 Å². The van der Waals surface area contributed by atoms with E-state index in [1.807, 2.05) is 32.0 Å². The zero-order valence-electron chi connectivity index (χ0n) is 11.6. The summed E-state index contributed by atoms with van der Waals surface area (Å²) in [6.45, 7) is 11.9. The highest BCUT2D eigenvalue weighted by molar-refractivity contribution is 5.97. The van der Waals surface area contributed by atoms with E-state index in [2.05, 4.69) is 20.8 Å². The molecule has 17 heavy (non-hydrogen) atoms. The lowest BCUT2D eigenvalue weighted by Crippen LogP contribution is -2.14. The quantitative estimate of drug-likeness (QED) is 0.740. The number of hydrogen-bond acceptors (Lipinski definition) is 2. The summed E-state index contributed by atoms with van der Waals surface area (Å²) < 4.78 is 5.65. The molecule has 0 atom stereocenters. The third-order valence-electron chi connectivity index (χ3n) is 2.59. The van der Waals surface area contributed by atoms with Gasteiger partial charge in [0.1, 0.15) is 5.75 Å². The smallest absolute Gasteiger partial charge is 0.163 e. The van der Waals surface area contributed by atoms with Crippen LogP contribution in [-0.4, -0.2) is 11.9 Å². The van der Waals surface area contributed by atoms with Gasteiger partial charge in [-0.2, -0.15) is 0 Å². The molecule has 0 saturated carbocycles. The molecule has 0 aromatic heterocycles. The van der Waals surface area contributed by atoms with Gasteiger partial charge >= 0.3 is 0 Å². The Morgan fingerprint density at radius 1 is 1.24 bits per heavy atom. The van der Waals surface area contributed by atoms with Gasteiger partial charge in [0.25, 0.3) is 0 Å². The van der Waals surface area contributed by atoms with E-state index in [0.29, 0.717) is 11.3 Å². The lowest BCUT2D eigenvalue weighted by atomic mass is 9.85. The molecule has 0 amide bonds. The van der Waals surface area contributed by atoms with Gasteiger partial charge in [0.05, 0.1) is 11.7 Å². The zero-order valence-corrected chi connectivity index (χ0v) is 11.6. The van der Waals surface area contributed by atoms with E-state index < -0.39 is 0 Å². The van der Waals surface area contributed by atoms with Crippen molar-refractivity contribution in [3.63, 3.8) is 0 Å². The first-order valence-corrected chi connectivity index (χ1v) is 6.04. The Labute approximate surface area is 104 Å². The van der Waals surface area contributed by atoms with E-state index in [-0.39, 0.29) is 17.3 Å². The maximum Gasteiger partial charge on any atom is 0.163 e. The molecular weight excluding hydrogens is 212 g/mol. The highest BCUT2D eigenvalue weighted by Gasteiger charge is 2.18. The molecule has 0 bridgehead atoms. The fourth-order valence-electron chi connectivity index (χ4n) is 1.63. The number of hydrogen-bond donors (Lipinski definition) is 0. The summed E-state index contributed by atoms with van der Waals surface area (Å²) in [6, 6.07) is 5.88. The van der Waals surface area contributed by atoms with Gasteiger partial charge in [0.2, 0.25) is 0 Å². The van der Waals surface area contributed by atoms with Crippen molar-refractivity contribution >= 4 is 5.78 Å². The van der Waals surface area contributed by atoms with Crippen LogP contribution in [0.15, 0.2) is 18.2 Å². The standard InChI is InChI=1S/C15H22O2/c1-10(2)17-14-8-7-12(15(4,5)6)9-13(14)11(3)16/h7-10H,1-6H3. The molecule has 0 heterocycles. The molecule has 2 nitrogen and oxygen atoms in total. The first-order valence-electron chi connectivity index (χ1n) is 6.04. The van der Waals surface area contributed by atoms with Crippen molar-refractivity contribution in [2.45, 2.75) is 53.1 Å². The molecule has 0 spiro atoms. The lowest BCUT2D eigenvalue weighted by Gasteiger charge is -2.21. The Balaban J connectivity index is 3.22. The van der Waals surface area contributed by atoms with Crippen molar-refractivity contribution in [3.05, 3.63) is 29.3 Å². The molecule has 0 N–H and O–H groups in total. The van der Waals surface area contributed by atoms with Gasteiger partial charge < -0.3 is 4.74 Å². The number of carbonyl (C=O) groups is 1. The molecule has 1 rings (SSSR count). The van der Waals surface area contributed by atoms with Gasteiger partial charge in [-0.25, -0.2) is 0 Å². The highest BCUT2D eigenvalue weighted by Crippen LogP contribution is 2.28. The molecule has 2 heteroatoms. The molecule has 0 fully saturated rings. The van der Waals surface area contributed by atoms with E-state index in [4.69, 9.17) is 4.74 Å². The molecule has 0 saturated heterocycles. The number of carbonyl (C=O) groups excluding carboxylic acids is 1. The predicted octanol–water partition coefficient (Wildman–Crippen LogP) is 3.97. The summed E-state index contributed by atoms with van der Waals surface area (Å²) in [4.78, 5) is 11.6. The minimum absolute atomic E-state index is 0.0422. The Morgan fingerprint density at radius 3 is 2.24 bits per heavy atom. The largest absolute Gasteiger partial charge is 0.490 e. The van der Waals surface area contributed by atoms with Crippen LogP contribution < -0.4 is 4.74 Å².